The molecule has 0 aromatic carbocycles. The topological polar surface area (TPSA) is 35.6 Å². The van der Waals surface area contributed by atoms with Gasteiger partial charge in [-0.3, -0.25) is 9.69 Å². The van der Waals surface area contributed by atoms with Gasteiger partial charge >= 0.3 is 0 Å². The average molecular weight is 281 g/mol. The van der Waals surface area contributed by atoms with Gasteiger partial charge < -0.3 is 10.2 Å². The predicted molar refractivity (Wildman–Crippen MR) is 82.8 cm³/mol. The number of rotatable bonds is 5. The highest BCUT2D eigenvalue weighted by molar-refractivity contribution is 5.78. The van der Waals surface area contributed by atoms with E-state index in [-0.39, 0.29) is 0 Å². The maximum absolute atomic E-state index is 12.4. The van der Waals surface area contributed by atoms with Crippen LogP contribution < -0.4 is 5.32 Å². The fourth-order valence-corrected chi connectivity index (χ4v) is 3.29. The van der Waals surface area contributed by atoms with Crippen LogP contribution in [0.25, 0.3) is 0 Å². The zero-order valence-electron chi connectivity index (χ0n) is 13.2. The van der Waals surface area contributed by atoms with E-state index in [1.165, 1.54) is 38.5 Å². The van der Waals surface area contributed by atoms with Crippen LogP contribution in [0.15, 0.2) is 0 Å². The van der Waals surface area contributed by atoms with Gasteiger partial charge in [0, 0.05) is 31.7 Å². The zero-order valence-corrected chi connectivity index (χ0v) is 13.2. The van der Waals surface area contributed by atoms with E-state index in [0.717, 1.165) is 26.2 Å². The van der Waals surface area contributed by atoms with Gasteiger partial charge in [0.2, 0.25) is 5.91 Å². The molecule has 2 rings (SSSR count). The van der Waals surface area contributed by atoms with Crippen molar-refractivity contribution in [1.29, 1.82) is 0 Å². The SMILES string of the molecule is CC(C)NCC1CCCCN1CC(=O)N1CCCCC1. The lowest BCUT2D eigenvalue weighted by Crippen LogP contribution is -2.51. The zero-order chi connectivity index (χ0) is 14.4. The molecule has 1 N–H and O–H groups in total. The highest BCUT2D eigenvalue weighted by atomic mass is 16.2. The molecular weight excluding hydrogens is 250 g/mol. The monoisotopic (exact) mass is 281 g/mol. The number of nitrogens with zero attached hydrogens (tertiary/aromatic N) is 2. The maximum Gasteiger partial charge on any atom is 0.236 e. The Hall–Kier alpha value is -0.610. The predicted octanol–water partition coefficient (Wildman–Crippen LogP) is 1.85. The van der Waals surface area contributed by atoms with E-state index in [1.54, 1.807) is 0 Å². The molecule has 2 heterocycles. The van der Waals surface area contributed by atoms with Crippen molar-refractivity contribution < 1.29 is 4.79 Å². The smallest absolute Gasteiger partial charge is 0.236 e. The van der Waals surface area contributed by atoms with Gasteiger partial charge in [-0.2, -0.15) is 0 Å². The Morgan fingerprint density at radius 1 is 1.10 bits per heavy atom. The van der Waals surface area contributed by atoms with Crippen molar-refractivity contribution in [2.75, 3.05) is 32.7 Å². The molecule has 2 aliphatic rings. The van der Waals surface area contributed by atoms with Gasteiger partial charge in [0.25, 0.3) is 0 Å². The van der Waals surface area contributed by atoms with Crippen molar-refractivity contribution in [1.82, 2.24) is 15.1 Å². The summed E-state index contributed by atoms with van der Waals surface area (Å²) in [5.41, 5.74) is 0. The van der Waals surface area contributed by atoms with Gasteiger partial charge in [0.15, 0.2) is 0 Å². The van der Waals surface area contributed by atoms with Crippen LogP contribution in [0.1, 0.15) is 52.4 Å². The van der Waals surface area contributed by atoms with Crippen LogP contribution in [0, 0.1) is 0 Å². The molecule has 0 aromatic heterocycles. The van der Waals surface area contributed by atoms with Crippen LogP contribution in [-0.4, -0.2) is 60.5 Å². The number of carbonyl (C=O) groups excluding carboxylic acids is 1. The van der Waals surface area contributed by atoms with E-state index in [2.05, 4.69) is 29.0 Å². The summed E-state index contributed by atoms with van der Waals surface area (Å²) in [6.07, 6.45) is 7.43. The molecule has 116 valence electrons. The Morgan fingerprint density at radius 3 is 2.50 bits per heavy atom. The highest BCUT2D eigenvalue weighted by Gasteiger charge is 2.26. The van der Waals surface area contributed by atoms with Crippen molar-refractivity contribution in [2.24, 2.45) is 0 Å². The number of amides is 1. The summed E-state index contributed by atoms with van der Waals surface area (Å²) in [6, 6.07) is 1.07. The fraction of sp³-hybridized carbons (Fsp3) is 0.938. The molecule has 1 atom stereocenters. The minimum atomic E-state index is 0.348. The Kier molecular flexibility index (Phi) is 6.30. The van der Waals surface area contributed by atoms with Gasteiger partial charge in [-0.15, -0.1) is 0 Å². The molecule has 0 radical (unpaired) electrons. The summed E-state index contributed by atoms with van der Waals surface area (Å²) >= 11 is 0. The average Bonchev–Trinajstić information content (AvgIpc) is 2.47. The molecule has 1 unspecified atom stereocenters. The molecular formula is C16H31N3O. The molecule has 0 saturated carbocycles. The van der Waals surface area contributed by atoms with E-state index in [9.17, 15) is 4.79 Å². The molecule has 4 heteroatoms. The number of carbonyl (C=O) groups is 1. The van der Waals surface area contributed by atoms with Crippen molar-refractivity contribution in [2.45, 2.75) is 64.5 Å². The van der Waals surface area contributed by atoms with Crippen LogP contribution in [0.3, 0.4) is 0 Å². The lowest BCUT2D eigenvalue weighted by atomic mass is 10.0. The standard InChI is InChI=1S/C16H31N3O/c1-14(2)17-12-15-8-4-7-11-19(15)13-16(20)18-9-5-3-6-10-18/h14-15,17H,3-13H2,1-2H3. The summed E-state index contributed by atoms with van der Waals surface area (Å²) in [4.78, 5) is 16.9. The molecule has 1 amide bonds. The van der Waals surface area contributed by atoms with Gasteiger partial charge in [0.1, 0.15) is 0 Å². The normalized spacial score (nSPS) is 25.1. The van der Waals surface area contributed by atoms with Gasteiger partial charge in [-0.05, 0) is 38.6 Å². The Morgan fingerprint density at radius 2 is 1.80 bits per heavy atom. The molecule has 0 aromatic rings. The Balaban J connectivity index is 1.82. The fourth-order valence-electron chi connectivity index (χ4n) is 3.29. The lowest BCUT2D eigenvalue weighted by molar-refractivity contribution is -0.134. The second kappa shape index (κ2) is 7.99. The summed E-state index contributed by atoms with van der Waals surface area (Å²) < 4.78 is 0. The number of nitrogens with one attached hydrogen (secondary N) is 1. The molecule has 0 bridgehead atoms. The van der Waals surface area contributed by atoms with Gasteiger partial charge in [-0.25, -0.2) is 0 Å². The molecule has 2 aliphatic heterocycles. The summed E-state index contributed by atoms with van der Waals surface area (Å²) in [7, 11) is 0. The first-order valence-corrected chi connectivity index (χ1v) is 8.42. The molecule has 0 spiro atoms. The largest absolute Gasteiger partial charge is 0.342 e. The van der Waals surface area contributed by atoms with Crippen LogP contribution >= 0.6 is 0 Å². The van der Waals surface area contributed by atoms with Crippen LogP contribution in [0.2, 0.25) is 0 Å². The third kappa shape index (κ3) is 4.74. The minimum Gasteiger partial charge on any atom is -0.342 e. The van der Waals surface area contributed by atoms with Crippen molar-refractivity contribution in [3.63, 3.8) is 0 Å². The van der Waals surface area contributed by atoms with Crippen molar-refractivity contribution >= 4 is 5.91 Å². The van der Waals surface area contributed by atoms with E-state index in [0.29, 0.717) is 24.5 Å². The van der Waals surface area contributed by atoms with Crippen molar-refractivity contribution in [3.8, 4) is 0 Å². The third-order valence-electron chi connectivity index (χ3n) is 4.56. The number of likely N-dealkylation sites (tertiary alicyclic amines) is 2. The van der Waals surface area contributed by atoms with E-state index < -0.39 is 0 Å². The first-order valence-electron chi connectivity index (χ1n) is 8.42. The second-order valence-corrected chi connectivity index (χ2v) is 6.62. The molecule has 0 aliphatic carbocycles. The van der Waals surface area contributed by atoms with Crippen LogP contribution in [-0.2, 0) is 4.79 Å². The summed E-state index contributed by atoms with van der Waals surface area (Å²) in [5.74, 6) is 0.348. The number of hydrogen-bond donors (Lipinski definition) is 1. The van der Waals surface area contributed by atoms with E-state index in [4.69, 9.17) is 0 Å². The highest BCUT2D eigenvalue weighted by Crippen LogP contribution is 2.17. The van der Waals surface area contributed by atoms with E-state index >= 15 is 0 Å². The summed E-state index contributed by atoms with van der Waals surface area (Å²) in [6.45, 7) is 9.06. The van der Waals surface area contributed by atoms with Gasteiger partial charge in [0.05, 0.1) is 6.54 Å². The molecule has 20 heavy (non-hydrogen) atoms. The quantitative estimate of drug-likeness (QED) is 0.835. The number of hydrogen-bond acceptors (Lipinski definition) is 3. The summed E-state index contributed by atoms with van der Waals surface area (Å²) in [5, 5.41) is 3.53. The first-order chi connectivity index (χ1) is 9.66. The molecule has 2 saturated heterocycles. The minimum absolute atomic E-state index is 0.348. The molecule has 4 nitrogen and oxygen atoms in total. The second-order valence-electron chi connectivity index (χ2n) is 6.62. The first kappa shape index (κ1) is 15.8. The lowest BCUT2D eigenvalue weighted by Gasteiger charge is -2.37. The maximum atomic E-state index is 12.4. The Bertz CT molecular complexity index is 300. The third-order valence-corrected chi connectivity index (χ3v) is 4.56. The van der Waals surface area contributed by atoms with Crippen LogP contribution in [0.4, 0.5) is 0 Å². The number of piperidine rings is 2. The van der Waals surface area contributed by atoms with Crippen molar-refractivity contribution in [3.05, 3.63) is 0 Å². The molecule has 2 fully saturated rings. The Labute approximate surface area is 123 Å². The van der Waals surface area contributed by atoms with Gasteiger partial charge in [-0.1, -0.05) is 20.3 Å². The van der Waals surface area contributed by atoms with Crippen LogP contribution in [0.5, 0.6) is 0 Å². The van der Waals surface area contributed by atoms with E-state index in [1.807, 2.05) is 0 Å².